The molecule has 2 heterocycles. The molecule has 0 saturated carbocycles. The van der Waals surface area contributed by atoms with Crippen LogP contribution in [-0.2, 0) is 19.9 Å². The Labute approximate surface area is 239 Å². The standard InChI is InChI=1S/C29H31NO12/c1-28(39)8-13(32)14-9(18(28)26(38)40-5)6-10-15(21(14)34)22(35)16-12(31)7-11-24(17(16)20(10)33)41-27-23(36)19(30(3)4)25(37)29(11,2)42-27/h6-7,13,18-19,23,25,27,31-32,34,36-37,39H,8H2,1-5H3/t13-,18-,19-,23-,25+,27+,28-,29+/m0/s1. The van der Waals surface area contributed by atoms with Gasteiger partial charge < -0.3 is 49.7 Å². The highest BCUT2D eigenvalue weighted by molar-refractivity contribution is 6.31. The minimum absolute atomic E-state index is 0.0545. The first kappa shape index (κ1) is 28.5. The monoisotopic (exact) mass is 585 g/mol. The van der Waals surface area contributed by atoms with E-state index >= 15 is 0 Å². The van der Waals surface area contributed by atoms with Crippen LogP contribution in [0.4, 0.5) is 0 Å². The summed E-state index contributed by atoms with van der Waals surface area (Å²) in [7, 11) is 4.39. The molecule has 224 valence electrons. The zero-order valence-electron chi connectivity index (χ0n) is 23.4. The van der Waals surface area contributed by atoms with Crippen molar-refractivity contribution in [2.75, 3.05) is 21.2 Å². The van der Waals surface area contributed by atoms with E-state index in [-0.39, 0.29) is 40.0 Å². The molecule has 0 aromatic heterocycles. The zero-order valence-corrected chi connectivity index (χ0v) is 23.4. The Bertz CT molecular complexity index is 1580. The number of hydrogen-bond donors (Lipinski definition) is 6. The van der Waals surface area contributed by atoms with Crippen LogP contribution in [0.15, 0.2) is 12.1 Å². The minimum Gasteiger partial charge on any atom is -0.507 e. The number of aliphatic hydroxyl groups is 4. The lowest BCUT2D eigenvalue weighted by Gasteiger charge is -2.53. The number of esters is 1. The van der Waals surface area contributed by atoms with Crippen LogP contribution < -0.4 is 4.74 Å². The summed E-state index contributed by atoms with van der Waals surface area (Å²) in [6.07, 6.45) is -5.98. The number of rotatable bonds is 2. The summed E-state index contributed by atoms with van der Waals surface area (Å²) in [5.74, 6) is -5.77. The lowest BCUT2D eigenvalue weighted by molar-refractivity contribution is -0.311. The third-order valence-corrected chi connectivity index (χ3v) is 9.11. The molecule has 2 bridgehead atoms. The smallest absolute Gasteiger partial charge is 0.316 e. The second-order valence-corrected chi connectivity index (χ2v) is 12.0. The van der Waals surface area contributed by atoms with Gasteiger partial charge in [-0.05, 0) is 45.6 Å². The van der Waals surface area contributed by atoms with Gasteiger partial charge in [-0.2, -0.15) is 0 Å². The number of methoxy groups -OCH3 is 1. The van der Waals surface area contributed by atoms with Crippen molar-refractivity contribution in [1.29, 1.82) is 0 Å². The van der Waals surface area contributed by atoms with Gasteiger partial charge in [0.15, 0.2) is 5.78 Å². The van der Waals surface area contributed by atoms with E-state index in [0.717, 1.165) is 19.2 Å². The summed E-state index contributed by atoms with van der Waals surface area (Å²) in [5.41, 5.74) is -5.43. The van der Waals surface area contributed by atoms with Gasteiger partial charge in [0, 0.05) is 23.1 Å². The Balaban J connectivity index is 1.60. The van der Waals surface area contributed by atoms with Crippen molar-refractivity contribution < 1.29 is 59.2 Å². The fraction of sp³-hybridized carbons (Fsp3) is 0.483. The molecule has 6 N–H and O–H groups in total. The number of ether oxygens (including phenoxy) is 3. The highest BCUT2D eigenvalue weighted by Gasteiger charge is 2.59. The molecule has 2 aromatic carbocycles. The zero-order chi connectivity index (χ0) is 30.8. The number of fused-ring (bicyclic) bond motifs is 8. The van der Waals surface area contributed by atoms with E-state index in [9.17, 15) is 45.0 Å². The van der Waals surface area contributed by atoms with E-state index in [1.54, 1.807) is 19.0 Å². The molecule has 1 saturated heterocycles. The predicted molar refractivity (Wildman–Crippen MR) is 140 cm³/mol. The largest absolute Gasteiger partial charge is 0.507 e. The van der Waals surface area contributed by atoms with E-state index in [0.29, 0.717) is 0 Å². The van der Waals surface area contributed by atoms with E-state index in [4.69, 9.17) is 14.2 Å². The van der Waals surface area contributed by atoms with Crippen molar-refractivity contribution in [2.45, 2.75) is 68.0 Å². The van der Waals surface area contributed by atoms with Crippen LogP contribution in [0, 0.1) is 0 Å². The number of aliphatic hydroxyl groups excluding tert-OH is 3. The van der Waals surface area contributed by atoms with E-state index in [2.05, 4.69) is 0 Å². The van der Waals surface area contributed by atoms with Crippen LogP contribution in [0.2, 0.25) is 0 Å². The molecule has 42 heavy (non-hydrogen) atoms. The molecule has 2 aromatic rings. The van der Waals surface area contributed by atoms with Crippen molar-refractivity contribution in [3.8, 4) is 17.2 Å². The van der Waals surface area contributed by atoms with Crippen LogP contribution >= 0.6 is 0 Å². The number of carbonyl (C=O) groups excluding carboxylic acids is 3. The summed E-state index contributed by atoms with van der Waals surface area (Å²) in [5, 5.41) is 66.5. The maximum absolute atomic E-state index is 14.2. The van der Waals surface area contributed by atoms with Crippen LogP contribution in [0.5, 0.6) is 17.2 Å². The molecule has 0 amide bonds. The van der Waals surface area contributed by atoms with E-state index in [1.807, 2.05) is 0 Å². The summed E-state index contributed by atoms with van der Waals surface area (Å²) in [6, 6.07) is 1.44. The topological polar surface area (TPSA) is 204 Å². The minimum atomic E-state index is -1.83. The Hall–Kier alpha value is -3.59. The number of carbonyl (C=O) groups is 3. The van der Waals surface area contributed by atoms with Crippen molar-refractivity contribution in [1.82, 2.24) is 4.90 Å². The molecule has 13 nitrogen and oxygen atoms in total. The summed E-state index contributed by atoms with van der Waals surface area (Å²) in [6.45, 7) is 2.81. The number of phenolic OH excluding ortho intramolecular Hbond substituents is 2. The van der Waals surface area contributed by atoms with Gasteiger partial charge in [0.25, 0.3) is 0 Å². The van der Waals surface area contributed by atoms with E-state index < -0.39 is 87.9 Å². The molecule has 13 heteroatoms. The third-order valence-electron chi connectivity index (χ3n) is 9.11. The van der Waals surface area contributed by atoms with Gasteiger partial charge >= 0.3 is 5.97 Å². The predicted octanol–water partition coefficient (Wildman–Crippen LogP) is -0.0662. The number of likely N-dealkylation sites (N-methyl/N-ethyl adjacent to an activating group) is 1. The molecule has 8 atom stereocenters. The van der Waals surface area contributed by atoms with Gasteiger partial charge in [0.1, 0.15) is 41.0 Å². The number of hydrogen-bond acceptors (Lipinski definition) is 13. The molecule has 2 aliphatic carbocycles. The average Bonchev–Trinajstić information content (AvgIpc) is 2.89. The second-order valence-electron chi connectivity index (χ2n) is 12.0. The van der Waals surface area contributed by atoms with Crippen molar-refractivity contribution in [3.63, 3.8) is 0 Å². The SMILES string of the molecule is COC(=O)[C@@H]1c2cc3c(c(O)c2[C@@H](O)C[C@]1(C)O)C(=O)c1c(O)cc2c(c1C3=O)O[C@@H]1O[C@@]2(C)[C@H](O)[C@@H](N(C)C)[C@@H]1O. The lowest BCUT2D eigenvalue weighted by Crippen LogP contribution is -2.68. The Morgan fingerprint density at radius 3 is 2.33 bits per heavy atom. The second kappa shape index (κ2) is 8.96. The van der Waals surface area contributed by atoms with Crippen molar-refractivity contribution in [3.05, 3.63) is 51.1 Å². The van der Waals surface area contributed by atoms with Gasteiger partial charge in [0.05, 0.1) is 41.5 Å². The maximum Gasteiger partial charge on any atom is 0.316 e. The fourth-order valence-electron chi connectivity index (χ4n) is 7.07. The maximum atomic E-state index is 14.2. The summed E-state index contributed by atoms with van der Waals surface area (Å²) in [4.78, 5) is 42.4. The van der Waals surface area contributed by atoms with Crippen LogP contribution in [-0.4, -0.2) is 104 Å². The normalized spacial score (nSPS) is 34.6. The van der Waals surface area contributed by atoms with Gasteiger partial charge in [0.2, 0.25) is 12.1 Å². The molecule has 0 spiro atoms. The molecule has 6 rings (SSSR count). The molecule has 4 aliphatic rings. The molecule has 1 fully saturated rings. The molecular weight excluding hydrogens is 554 g/mol. The summed E-state index contributed by atoms with van der Waals surface area (Å²) < 4.78 is 16.7. The number of nitrogens with zero attached hydrogens (tertiary/aromatic N) is 1. The van der Waals surface area contributed by atoms with Gasteiger partial charge in [-0.15, -0.1) is 0 Å². The third kappa shape index (κ3) is 3.49. The Kier molecular flexibility index (Phi) is 6.08. The van der Waals surface area contributed by atoms with E-state index in [1.165, 1.54) is 13.8 Å². The summed E-state index contributed by atoms with van der Waals surface area (Å²) >= 11 is 0. The highest BCUT2D eigenvalue weighted by atomic mass is 16.7. The highest BCUT2D eigenvalue weighted by Crippen LogP contribution is 2.55. The average molecular weight is 586 g/mol. The number of ketones is 2. The molecule has 0 unspecified atom stereocenters. The first-order valence-electron chi connectivity index (χ1n) is 13.3. The first-order valence-corrected chi connectivity index (χ1v) is 13.3. The van der Waals surface area contributed by atoms with Crippen LogP contribution in [0.1, 0.15) is 80.8 Å². The van der Waals surface area contributed by atoms with Gasteiger partial charge in [-0.3, -0.25) is 14.4 Å². The van der Waals surface area contributed by atoms with Crippen LogP contribution in [0.3, 0.4) is 0 Å². The Morgan fingerprint density at radius 1 is 1.05 bits per heavy atom. The molecular formula is C29H31NO12. The van der Waals surface area contributed by atoms with Crippen molar-refractivity contribution in [2.24, 2.45) is 0 Å². The number of phenols is 2. The lowest BCUT2D eigenvalue weighted by atomic mass is 9.68. The molecule has 2 aliphatic heterocycles. The number of aromatic hydroxyl groups is 2. The van der Waals surface area contributed by atoms with Crippen molar-refractivity contribution >= 4 is 17.5 Å². The van der Waals surface area contributed by atoms with Gasteiger partial charge in [-0.1, -0.05) is 0 Å². The quantitative estimate of drug-likeness (QED) is 0.218. The number of benzene rings is 2. The Morgan fingerprint density at radius 2 is 1.71 bits per heavy atom. The fourth-order valence-corrected chi connectivity index (χ4v) is 7.07. The van der Waals surface area contributed by atoms with Crippen LogP contribution in [0.25, 0.3) is 0 Å². The first-order chi connectivity index (χ1) is 19.6. The molecule has 0 radical (unpaired) electrons. The van der Waals surface area contributed by atoms with Gasteiger partial charge in [-0.25, -0.2) is 0 Å².